The summed E-state index contributed by atoms with van der Waals surface area (Å²) in [6.07, 6.45) is 0.0917. The first-order chi connectivity index (χ1) is 14.9. The first kappa shape index (κ1) is 23.6. The number of nitrogens with zero attached hydrogens (tertiary/aromatic N) is 1. The van der Waals surface area contributed by atoms with Crippen molar-refractivity contribution >= 4 is 23.9 Å². The number of hydrogen-bond donors (Lipinski definition) is 6. The van der Waals surface area contributed by atoms with Crippen LogP contribution in [0.4, 0.5) is 4.79 Å². The van der Waals surface area contributed by atoms with Crippen LogP contribution in [0.3, 0.4) is 0 Å². The van der Waals surface area contributed by atoms with E-state index in [9.17, 15) is 19.5 Å². The summed E-state index contributed by atoms with van der Waals surface area (Å²) in [5.74, 6) is -1.29. The number of carbonyl (C=O) groups is 3. The fourth-order valence-electron chi connectivity index (χ4n) is 2.59. The third-order valence-electron chi connectivity index (χ3n) is 4.11. The molecule has 1 atom stereocenters. The summed E-state index contributed by atoms with van der Waals surface area (Å²) in [5.41, 5.74) is -0.0634. The summed E-state index contributed by atoms with van der Waals surface area (Å²) in [7, 11) is 0. The van der Waals surface area contributed by atoms with Crippen molar-refractivity contribution in [3.63, 3.8) is 0 Å². The van der Waals surface area contributed by atoms with E-state index in [1.807, 2.05) is 0 Å². The molecule has 12 heteroatoms. The van der Waals surface area contributed by atoms with Crippen molar-refractivity contribution in [3.05, 3.63) is 23.8 Å². The van der Waals surface area contributed by atoms with Gasteiger partial charge in [0, 0.05) is 25.7 Å². The lowest BCUT2D eigenvalue weighted by Crippen LogP contribution is -2.48. The minimum atomic E-state index is -1.39. The number of phenolic OH excluding ortho intramolecular Hbond substituents is 1. The molecule has 0 spiro atoms. The molecule has 1 heterocycles. The molecule has 0 bridgehead atoms. The summed E-state index contributed by atoms with van der Waals surface area (Å²) in [6.45, 7) is 3.72. The van der Waals surface area contributed by atoms with Crippen LogP contribution < -0.4 is 26.0 Å². The van der Waals surface area contributed by atoms with Gasteiger partial charge < -0.3 is 41.0 Å². The molecule has 170 valence electrons. The number of benzene rings is 1. The van der Waals surface area contributed by atoms with Gasteiger partial charge >= 0.3 is 12.1 Å². The van der Waals surface area contributed by atoms with E-state index in [2.05, 4.69) is 31.0 Å². The minimum Gasteiger partial charge on any atom is -0.507 e. The van der Waals surface area contributed by atoms with Gasteiger partial charge in [0.25, 0.3) is 5.91 Å². The lowest BCUT2D eigenvalue weighted by atomic mass is 10.1. The zero-order valence-corrected chi connectivity index (χ0v) is 17.1. The Hall–Kier alpha value is -3.70. The van der Waals surface area contributed by atoms with Gasteiger partial charge in [-0.1, -0.05) is 0 Å². The molecule has 12 nitrogen and oxygen atoms in total. The van der Waals surface area contributed by atoms with E-state index in [-0.39, 0.29) is 17.9 Å². The van der Waals surface area contributed by atoms with Gasteiger partial charge in [-0.05, 0) is 25.5 Å². The van der Waals surface area contributed by atoms with Crippen LogP contribution in [0.1, 0.15) is 23.7 Å². The molecule has 1 aliphatic rings. The quantitative estimate of drug-likeness (QED) is 0.267. The van der Waals surface area contributed by atoms with E-state index < -0.39 is 30.6 Å². The number of hydrogen-bond acceptors (Lipinski definition) is 9. The molecular weight excluding hydrogens is 410 g/mol. The number of guanidine groups is 1. The highest BCUT2D eigenvalue weighted by Crippen LogP contribution is 2.23. The van der Waals surface area contributed by atoms with Crippen molar-refractivity contribution in [1.82, 2.24) is 21.3 Å². The van der Waals surface area contributed by atoms with Gasteiger partial charge in [0.1, 0.15) is 24.1 Å². The van der Waals surface area contributed by atoms with Gasteiger partial charge in [-0.25, -0.2) is 9.59 Å². The topological polar surface area (TPSA) is 171 Å². The molecule has 0 radical (unpaired) electrons. The fourth-order valence-corrected chi connectivity index (χ4v) is 2.59. The normalized spacial score (nSPS) is 13.8. The van der Waals surface area contributed by atoms with Crippen molar-refractivity contribution in [2.24, 2.45) is 4.99 Å². The van der Waals surface area contributed by atoms with Crippen molar-refractivity contribution in [2.75, 3.05) is 39.4 Å². The van der Waals surface area contributed by atoms with Crippen LogP contribution in [0.2, 0.25) is 0 Å². The maximum Gasteiger partial charge on any atom is 0.407 e. The first-order valence-electron chi connectivity index (χ1n) is 9.83. The number of carboxylic acid groups (broad SMARTS) is 1. The highest BCUT2D eigenvalue weighted by atomic mass is 16.5. The molecule has 0 aliphatic carbocycles. The molecule has 2 amide bonds. The second-order valence-corrected chi connectivity index (χ2v) is 6.43. The minimum absolute atomic E-state index is 0.0634. The Morgan fingerprint density at radius 3 is 2.77 bits per heavy atom. The van der Waals surface area contributed by atoms with Crippen LogP contribution in [-0.4, -0.2) is 79.6 Å². The molecule has 31 heavy (non-hydrogen) atoms. The number of aliphatic carboxylic acids is 1. The number of phenols is 1. The molecule has 0 fully saturated rings. The smallest absolute Gasteiger partial charge is 0.407 e. The Morgan fingerprint density at radius 1 is 1.32 bits per heavy atom. The molecule has 0 aromatic heterocycles. The summed E-state index contributed by atoms with van der Waals surface area (Å²) in [4.78, 5) is 39.2. The number of alkyl carbamates (subject to hydrolysis) is 1. The fraction of sp³-hybridized carbons (Fsp3) is 0.474. The molecule has 0 saturated carbocycles. The van der Waals surface area contributed by atoms with Gasteiger partial charge in [-0.15, -0.1) is 0 Å². The average molecular weight is 437 g/mol. The second-order valence-electron chi connectivity index (χ2n) is 6.43. The van der Waals surface area contributed by atoms with Crippen LogP contribution in [-0.2, 0) is 9.53 Å². The summed E-state index contributed by atoms with van der Waals surface area (Å²) >= 11 is 0. The van der Waals surface area contributed by atoms with Gasteiger partial charge in [-0.2, -0.15) is 0 Å². The number of rotatable bonds is 10. The van der Waals surface area contributed by atoms with E-state index in [0.29, 0.717) is 18.9 Å². The molecule has 1 aliphatic heterocycles. The van der Waals surface area contributed by atoms with E-state index in [4.69, 9.17) is 9.84 Å². The first-order valence-corrected chi connectivity index (χ1v) is 9.83. The largest absolute Gasteiger partial charge is 0.507 e. The maximum atomic E-state index is 12.3. The zero-order chi connectivity index (χ0) is 22.6. The Balaban J connectivity index is 1.82. The predicted molar refractivity (Wildman–Crippen MR) is 110 cm³/mol. The van der Waals surface area contributed by atoms with E-state index in [1.54, 1.807) is 6.92 Å². The molecule has 1 aromatic rings. The number of aromatic hydroxyl groups is 1. The van der Waals surface area contributed by atoms with Crippen LogP contribution in [0.5, 0.6) is 11.5 Å². The summed E-state index contributed by atoms with van der Waals surface area (Å²) in [5, 5.41) is 30.0. The molecule has 6 N–H and O–H groups in total. The van der Waals surface area contributed by atoms with E-state index in [0.717, 1.165) is 25.5 Å². The standard InChI is InChI=1S/C19H27N5O7/c1-2-30-19(29)24-14(17(27)28)11-23-16(26)13-5-4-12(10-15(13)25)31-9-8-22-18-20-6-3-7-21-18/h4-5,10,14,25H,2-3,6-9,11H2,1H3,(H,23,26)(H,24,29)(H,27,28)(H2,20,21,22)/t14-/m0/s1. The van der Waals surface area contributed by atoms with Gasteiger partial charge in [0.05, 0.1) is 18.7 Å². The number of carboxylic acids is 1. The van der Waals surface area contributed by atoms with E-state index >= 15 is 0 Å². The molecular formula is C19H27N5O7. The highest BCUT2D eigenvalue weighted by Gasteiger charge is 2.22. The van der Waals surface area contributed by atoms with Gasteiger partial charge in [-0.3, -0.25) is 9.79 Å². The number of aliphatic imine (C=N–C) groups is 1. The molecule has 0 saturated heterocycles. The molecule has 1 aromatic carbocycles. The van der Waals surface area contributed by atoms with Crippen molar-refractivity contribution in [3.8, 4) is 11.5 Å². The Kier molecular flexibility index (Phi) is 9.20. The van der Waals surface area contributed by atoms with E-state index in [1.165, 1.54) is 18.2 Å². The number of amides is 2. The lowest BCUT2D eigenvalue weighted by molar-refractivity contribution is -0.139. The third-order valence-corrected chi connectivity index (χ3v) is 4.11. The average Bonchev–Trinajstić information content (AvgIpc) is 2.74. The van der Waals surface area contributed by atoms with Crippen LogP contribution in [0.15, 0.2) is 23.2 Å². The van der Waals surface area contributed by atoms with Gasteiger partial charge in [0.2, 0.25) is 0 Å². The van der Waals surface area contributed by atoms with Crippen molar-refractivity contribution < 1.29 is 34.1 Å². The second kappa shape index (κ2) is 12.1. The van der Waals surface area contributed by atoms with Crippen molar-refractivity contribution in [2.45, 2.75) is 19.4 Å². The number of carbonyl (C=O) groups excluding carboxylic acids is 2. The Bertz CT molecular complexity index is 815. The molecule has 0 unspecified atom stereocenters. The SMILES string of the molecule is CCOC(=O)N[C@@H](CNC(=O)c1ccc(OCCNC2=NCCCN2)cc1O)C(=O)O. The summed E-state index contributed by atoms with van der Waals surface area (Å²) in [6, 6.07) is 2.77. The summed E-state index contributed by atoms with van der Waals surface area (Å²) < 4.78 is 10.2. The highest BCUT2D eigenvalue weighted by molar-refractivity contribution is 5.97. The van der Waals surface area contributed by atoms with Gasteiger partial charge in [0.15, 0.2) is 5.96 Å². The van der Waals surface area contributed by atoms with Crippen LogP contribution in [0.25, 0.3) is 0 Å². The number of ether oxygens (including phenoxy) is 2. The maximum absolute atomic E-state index is 12.3. The Morgan fingerprint density at radius 2 is 2.13 bits per heavy atom. The molecule has 2 rings (SSSR count). The predicted octanol–water partition coefficient (Wildman–Crippen LogP) is -0.361. The lowest BCUT2D eigenvalue weighted by Gasteiger charge is -2.16. The Labute approximate surface area is 179 Å². The van der Waals surface area contributed by atoms with Crippen LogP contribution in [0, 0.1) is 0 Å². The van der Waals surface area contributed by atoms with Crippen molar-refractivity contribution in [1.29, 1.82) is 0 Å². The van der Waals surface area contributed by atoms with Crippen LogP contribution >= 0.6 is 0 Å². The monoisotopic (exact) mass is 437 g/mol. The number of nitrogens with one attached hydrogen (secondary N) is 4. The zero-order valence-electron chi connectivity index (χ0n) is 17.1. The third kappa shape index (κ3) is 7.91.